The molecule has 0 radical (unpaired) electrons. The SMILES string of the molecule is C=CCCCCCCCCCCCCCS(=O)(=O)O. The van der Waals surface area contributed by atoms with E-state index in [1.54, 1.807) is 0 Å². The van der Waals surface area contributed by atoms with Gasteiger partial charge in [0, 0.05) is 0 Å². The third-order valence-electron chi connectivity index (χ3n) is 3.31. The van der Waals surface area contributed by atoms with Crippen LogP contribution >= 0.6 is 0 Å². The molecule has 0 aliphatic heterocycles. The van der Waals surface area contributed by atoms with E-state index >= 15 is 0 Å². The molecule has 0 aliphatic carbocycles. The molecule has 0 rings (SSSR count). The van der Waals surface area contributed by atoms with Crippen molar-refractivity contribution in [1.82, 2.24) is 0 Å². The van der Waals surface area contributed by atoms with Crippen LogP contribution in [0.3, 0.4) is 0 Å². The van der Waals surface area contributed by atoms with Gasteiger partial charge >= 0.3 is 0 Å². The molecule has 0 saturated carbocycles. The van der Waals surface area contributed by atoms with Gasteiger partial charge in [-0.05, 0) is 19.3 Å². The second kappa shape index (κ2) is 12.7. The highest BCUT2D eigenvalue weighted by Crippen LogP contribution is 2.12. The van der Waals surface area contributed by atoms with Crippen LogP contribution in [0.1, 0.15) is 77.0 Å². The average Bonchev–Trinajstić information content (AvgIpc) is 2.34. The van der Waals surface area contributed by atoms with Crippen LogP contribution in [-0.2, 0) is 10.1 Å². The Hall–Kier alpha value is -0.350. The van der Waals surface area contributed by atoms with Gasteiger partial charge in [-0.3, -0.25) is 4.55 Å². The highest BCUT2D eigenvalue weighted by molar-refractivity contribution is 7.85. The minimum Gasteiger partial charge on any atom is -0.286 e. The number of unbranched alkanes of at least 4 members (excludes halogenated alkanes) is 11. The van der Waals surface area contributed by atoms with Crippen molar-refractivity contribution in [3.05, 3.63) is 12.7 Å². The molecule has 0 aromatic carbocycles. The Kier molecular flexibility index (Phi) is 12.4. The lowest BCUT2D eigenvalue weighted by atomic mass is 10.1. The fourth-order valence-corrected chi connectivity index (χ4v) is 2.73. The zero-order chi connectivity index (χ0) is 14.4. The van der Waals surface area contributed by atoms with Crippen molar-refractivity contribution in [3.63, 3.8) is 0 Å². The molecule has 0 aromatic heterocycles. The third-order valence-corrected chi connectivity index (χ3v) is 4.12. The van der Waals surface area contributed by atoms with E-state index < -0.39 is 10.1 Å². The summed E-state index contributed by atoms with van der Waals surface area (Å²) in [6, 6.07) is 0. The third kappa shape index (κ3) is 17.6. The quantitative estimate of drug-likeness (QED) is 0.285. The average molecular weight is 290 g/mol. The van der Waals surface area contributed by atoms with E-state index in [2.05, 4.69) is 6.58 Å². The van der Waals surface area contributed by atoms with Crippen LogP contribution in [0.15, 0.2) is 12.7 Å². The Morgan fingerprint density at radius 1 is 0.737 bits per heavy atom. The first kappa shape index (κ1) is 18.7. The monoisotopic (exact) mass is 290 g/mol. The van der Waals surface area contributed by atoms with Gasteiger partial charge in [0.05, 0.1) is 5.75 Å². The van der Waals surface area contributed by atoms with Crippen LogP contribution in [-0.4, -0.2) is 18.7 Å². The fourth-order valence-electron chi connectivity index (χ4n) is 2.16. The molecule has 0 aromatic rings. The number of rotatable bonds is 14. The first-order valence-electron chi connectivity index (χ1n) is 7.62. The molecule has 4 heteroatoms. The van der Waals surface area contributed by atoms with Gasteiger partial charge in [-0.1, -0.05) is 63.9 Å². The molecule has 0 spiro atoms. The van der Waals surface area contributed by atoms with Crippen molar-refractivity contribution < 1.29 is 13.0 Å². The van der Waals surface area contributed by atoms with Crippen molar-refractivity contribution >= 4 is 10.1 Å². The first-order chi connectivity index (χ1) is 9.06. The lowest BCUT2D eigenvalue weighted by Crippen LogP contribution is -2.03. The second-order valence-corrected chi connectivity index (χ2v) is 6.82. The molecule has 0 unspecified atom stereocenters. The van der Waals surface area contributed by atoms with E-state index in [0.717, 1.165) is 19.3 Å². The van der Waals surface area contributed by atoms with Crippen molar-refractivity contribution in [2.24, 2.45) is 0 Å². The summed E-state index contributed by atoms with van der Waals surface area (Å²) in [5.41, 5.74) is 0. The molecule has 0 fully saturated rings. The minimum atomic E-state index is -3.74. The molecule has 0 amide bonds. The van der Waals surface area contributed by atoms with Crippen LogP contribution < -0.4 is 0 Å². The summed E-state index contributed by atoms with van der Waals surface area (Å²) in [6.45, 7) is 3.72. The number of allylic oxidation sites excluding steroid dienone is 1. The van der Waals surface area contributed by atoms with Gasteiger partial charge < -0.3 is 0 Å². The maximum Gasteiger partial charge on any atom is 0.264 e. The van der Waals surface area contributed by atoms with E-state index in [-0.39, 0.29) is 5.75 Å². The standard InChI is InChI=1S/C15H30O3S/c1-2-3-4-5-6-7-8-9-10-11-12-13-14-15-19(16,17)18/h2H,1,3-15H2,(H,16,17,18). The van der Waals surface area contributed by atoms with Crippen LogP contribution in [0, 0.1) is 0 Å². The van der Waals surface area contributed by atoms with Gasteiger partial charge in [-0.15, -0.1) is 6.58 Å². The van der Waals surface area contributed by atoms with Gasteiger partial charge in [0.1, 0.15) is 0 Å². The summed E-state index contributed by atoms with van der Waals surface area (Å²) in [7, 11) is -3.74. The summed E-state index contributed by atoms with van der Waals surface area (Å²) in [5, 5.41) is 0. The van der Waals surface area contributed by atoms with Gasteiger partial charge in [-0.25, -0.2) is 0 Å². The molecular formula is C15H30O3S. The number of hydrogen-bond donors (Lipinski definition) is 1. The van der Waals surface area contributed by atoms with Crippen LogP contribution in [0.4, 0.5) is 0 Å². The van der Waals surface area contributed by atoms with E-state index in [9.17, 15) is 8.42 Å². The summed E-state index contributed by atoms with van der Waals surface area (Å²) < 4.78 is 29.5. The Morgan fingerprint density at radius 2 is 1.11 bits per heavy atom. The molecule has 0 bridgehead atoms. The smallest absolute Gasteiger partial charge is 0.264 e. The number of hydrogen-bond acceptors (Lipinski definition) is 2. The van der Waals surface area contributed by atoms with Crippen molar-refractivity contribution in [3.8, 4) is 0 Å². The lowest BCUT2D eigenvalue weighted by molar-refractivity contribution is 0.478. The molecule has 114 valence electrons. The highest BCUT2D eigenvalue weighted by atomic mass is 32.2. The van der Waals surface area contributed by atoms with Crippen molar-refractivity contribution in [2.75, 3.05) is 5.75 Å². The molecule has 0 atom stereocenters. The highest BCUT2D eigenvalue weighted by Gasteiger charge is 2.02. The van der Waals surface area contributed by atoms with Gasteiger partial charge in [0.2, 0.25) is 0 Å². The van der Waals surface area contributed by atoms with Gasteiger partial charge in [0.15, 0.2) is 0 Å². The van der Waals surface area contributed by atoms with Gasteiger partial charge in [0.25, 0.3) is 10.1 Å². The Labute approximate surface area is 119 Å². The molecule has 0 saturated heterocycles. The van der Waals surface area contributed by atoms with E-state index in [4.69, 9.17) is 4.55 Å². The van der Waals surface area contributed by atoms with Crippen LogP contribution in [0.5, 0.6) is 0 Å². The summed E-state index contributed by atoms with van der Waals surface area (Å²) in [6.07, 6.45) is 16.0. The molecular weight excluding hydrogens is 260 g/mol. The zero-order valence-corrected chi connectivity index (χ0v) is 13.0. The normalized spacial score (nSPS) is 11.6. The van der Waals surface area contributed by atoms with Crippen LogP contribution in [0.25, 0.3) is 0 Å². The first-order valence-corrected chi connectivity index (χ1v) is 9.23. The molecule has 3 nitrogen and oxygen atoms in total. The maximum absolute atomic E-state index is 10.5. The Morgan fingerprint density at radius 3 is 1.47 bits per heavy atom. The predicted octanol–water partition coefficient (Wildman–Crippen LogP) is 4.74. The van der Waals surface area contributed by atoms with E-state index in [1.165, 1.54) is 51.4 Å². The lowest BCUT2D eigenvalue weighted by Gasteiger charge is -2.02. The summed E-state index contributed by atoms with van der Waals surface area (Å²) >= 11 is 0. The van der Waals surface area contributed by atoms with E-state index in [1.807, 2.05) is 6.08 Å². The Balaban J connectivity index is 3.05. The van der Waals surface area contributed by atoms with Crippen molar-refractivity contribution in [1.29, 1.82) is 0 Å². The largest absolute Gasteiger partial charge is 0.286 e. The molecule has 19 heavy (non-hydrogen) atoms. The topological polar surface area (TPSA) is 54.4 Å². The zero-order valence-electron chi connectivity index (χ0n) is 12.1. The fraction of sp³-hybridized carbons (Fsp3) is 0.867. The molecule has 0 heterocycles. The van der Waals surface area contributed by atoms with Gasteiger partial charge in [-0.2, -0.15) is 8.42 Å². The van der Waals surface area contributed by atoms with E-state index in [0.29, 0.717) is 6.42 Å². The molecule has 0 aliphatic rings. The van der Waals surface area contributed by atoms with Crippen molar-refractivity contribution in [2.45, 2.75) is 77.0 Å². The summed E-state index contributed by atoms with van der Waals surface area (Å²) in [4.78, 5) is 0. The minimum absolute atomic E-state index is 0.0856. The summed E-state index contributed by atoms with van der Waals surface area (Å²) in [5.74, 6) is -0.0856. The van der Waals surface area contributed by atoms with Crippen LogP contribution in [0.2, 0.25) is 0 Å². The maximum atomic E-state index is 10.5. The Bertz CT molecular complexity index is 297. The predicted molar refractivity (Wildman–Crippen MR) is 82.0 cm³/mol. The second-order valence-electron chi connectivity index (χ2n) is 5.25. The molecule has 1 N–H and O–H groups in total.